The number of carbonyl (C=O) groups is 2. The maximum absolute atomic E-state index is 12.1. The summed E-state index contributed by atoms with van der Waals surface area (Å²) >= 11 is 0. The molecule has 2 aliphatic rings. The highest BCUT2D eigenvalue weighted by Gasteiger charge is 2.49. The molecule has 0 saturated carbocycles. The fourth-order valence-corrected chi connectivity index (χ4v) is 3.53. The van der Waals surface area contributed by atoms with Crippen molar-refractivity contribution in [1.29, 1.82) is 0 Å². The van der Waals surface area contributed by atoms with Crippen LogP contribution in [-0.4, -0.2) is 40.5 Å². The van der Waals surface area contributed by atoms with Crippen LogP contribution in [0.5, 0.6) is 0 Å². The van der Waals surface area contributed by atoms with Gasteiger partial charge < -0.3 is 5.32 Å². The number of carbonyl (C=O) groups excluding carboxylic acids is 2. The minimum atomic E-state index is -0.798. The quantitative estimate of drug-likeness (QED) is 0.829. The van der Waals surface area contributed by atoms with Crippen LogP contribution in [0.2, 0.25) is 0 Å². The van der Waals surface area contributed by atoms with Crippen LogP contribution in [0.4, 0.5) is 4.79 Å². The Hall–Kier alpha value is -1.95. The summed E-state index contributed by atoms with van der Waals surface area (Å²) < 4.78 is 0. The molecule has 3 rings (SSSR count). The van der Waals surface area contributed by atoms with Crippen LogP contribution in [0.15, 0.2) is 24.5 Å². The Balaban J connectivity index is 1.75. The second-order valence-electron chi connectivity index (χ2n) is 6.40. The highest BCUT2D eigenvalue weighted by Crippen LogP contribution is 2.33. The maximum atomic E-state index is 12.1. The second kappa shape index (κ2) is 5.68. The molecular formula is C16H22N4O2. The third-order valence-corrected chi connectivity index (χ3v) is 5.08. The molecule has 6 heteroatoms. The van der Waals surface area contributed by atoms with E-state index in [2.05, 4.69) is 27.4 Å². The second-order valence-corrected chi connectivity index (χ2v) is 6.40. The van der Waals surface area contributed by atoms with Crippen molar-refractivity contribution >= 4 is 11.9 Å². The Bertz CT molecular complexity index is 577. The first-order valence-corrected chi connectivity index (χ1v) is 7.78. The number of pyridine rings is 1. The van der Waals surface area contributed by atoms with Crippen molar-refractivity contribution in [3.8, 4) is 0 Å². The van der Waals surface area contributed by atoms with Gasteiger partial charge >= 0.3 is 6.03 Å². The number of hydrogen-bond donors (Lipinski definition) is 2. The SMILES string of the molecule is C[C@H](c1ccncc1)N1CCC[C@@H]([C@@]2(C)NC(=O)NC2=O)C1. The van der Waals surface area contributed by atoms with Gasteiger partial charge in [0, 0.05) is 30.9 Å². The molecular weight excluding hydrogens is 280 g/mol. The molecule has 2 saturated heterocycles. The number of imide groups is 1. The average Bonchev–Trinajstić information content (AvgIpc) is 2.81. The largest absolute Gasteiger partial charge is 0.323 e. The summed E-state index contributed by atoms with van der Waals surface area (Å²) in [6.07, 6.45) is 5.58. The molecule has 2 N–H and O–H groups in total. The summed E-state index contributed by atoms with van der Waals surface area (Å²) in [6, 6.07) is 3.95. The predicted molar refractivity (Wildman–Crippen MR) is 82.0 cm³/mol. The monoisotopic (exact) mass is 302 g/mol. The molecule has 3 heterocycles. The molecule has 118 valence electrons. The van der Waals surface area contributed by atoms with Gasteiger partial charge in [0.2, 0.25) is 0 Å². The number of likely N-dealkylation sites (tertiary alicyclic amines) is 1. The van der Waals surface area contributed by atoms with E-state index in [1.165, 1.54) is 5.56 Å². The molecule has 0 aliphatic carbocycles. The summed E-state index contributed by atoms with van der Waals surface area (Å²) in [5, 5.41) is 5.18. The van der Waals surface area contributed by atoms with Gasteiger partial charge in [-0.1, -0.05) is 0 Å². The molecule has 3 amide bonds. The number of piperidine rings is 1. The van der Waals surface area contributed by atoms with E-state index in [1.54, 1.807) is 12.4 Å². The number of rotatable bonds is 3. The van der Waals surface area contributed by atoms with Crippen LogP contribution in [0, 0.1) is 5.92 Å². The number of aromatic nitrogens is 1. The third kappa shape index (κ3) is 2.59. The molecule has 22 heavy (non-hydrogen) atoms. The summed E-state index contributed by atoms with van der Waals surface area (Å²) in [5.74, 6) is -0.0853. The van der Waals surface area contributed by atoms with Crippen molar-refractivity contribution in [3.63, 3.8) is 0 Å². The number of nitrogens with zero attached hydrogens (tertiary/aromatic N) is 2. The van der Waals surface area contributed by atoms with Crippen LogP contribution >= 0.6 is 0 Å². The van der Waals surface area contributed by atoms with Crippen LogP contribution in [-0.2, 0) is 4.79 Å². The van der Waals surface area contributed by atoms with Gasteiger partial charge in [0.1, 0.15) is 5.54 Å². The molecule has 0 radical (unpaired) electrons. The molecule has 0 spiro atoms. The Kier molecular flexibility index (Phi) is 3.87. The maximum Gasteiger partial charge on any atom is 0.322 e. The lowest BCUT2D eigenvalue weighted by molar-refractivity contribution is -0.126. The minimum absolute atomic E-state index is 0.122. The molecule has 1 aromatic heterocycles. The van der Waals surface area contributed by atoms with E-state index in [0.29, 0.717) is 0 Å². The zero-order valence-electron chi connectivity index (χ0n) is 13.0. The molecule has 0 unspecified atom stereocenters. The van der Waals surface area contributed by atoms with Crippen LogP contribution in [0.25, 0.3) is 0 Å². The molecule has 0 aromatic carbocycles. The Morgan fingerprint density at radius 1 is 1.36 bits per heavy atom. The minimum Gasteiger partial charge on any atom is -0.323 e. The summed E-state index contributed by atoms with van der Waals surface area (Å²) in [4.78, 5) is 30.1. The first-order valence-electron chi connectivity index (χ1n) is 7.78. The Morgan fingerprint density at radius 2 is 2.09 bits per heavy atom. The lowest BCUT2D eigenvalue weighted by Crippen LogP contribution is -2.56. The van der Waals surface area contributed by atoms with Gasteiger partial charge in [0.05, 0.1) is 0 Å². The van der Waals surface area contributed by atoms with Crippen molar-refractivity contribution < 1.29 is 9.59 Å². The molecule has 2 fully saturated rings. The number of amides is 3. The fourth-order valence-electron chi connectivity index (χ4n) is 3.53. The van der Waals surface area contributed by atoms with Crippen LogP contribution in [0.3, 0.4) is 0 Å². The van der Waals surface area contributed by atoms with E-state index in [-0.39, 0.29) is 23.9 Å². The van der Waals surface area contributed by atoms with Gasteiger partial charge in [0.25, 0.3) is 5.91 Å². The first-order chi connectivity index (χ1) is 10.5. The molecule has 2 aliphatic heterocycles. The lowest BCUT2D eigenvalue weighted by atomic mass is 9.79. The van der Waals surface area contributed by atoms with E-state index >= 15 is 0 Å². The average molecular weight is 302 g/mol. The van der Waals surface area contributed by atoms with Gasteiger partial charge in [-0.2, -0.15) is 0 Å². The zero-order chi connectivity index (χ0) is 15.7. The van der Waals surface area contributed by atoms with E-state index < -0.39 is 5.54 Å². The topological polar surface area (TPSA) is 74.3 Å². The highest BCUT2D eigenvalue weighted by molar-refractivity contribution is 6.06. The van der Waals surface area contributed by atoms with Crippen molar-refractivity contribution in [3.05, 3.63) is 30.1 Å². The van der Waals surface area contributed by atoms with E-state index in [1.807, 2.05) is 19.1 Å². The van der Waals surface area contributed by atoms with Crippen LogP contribution in [0.1, 0.15) is 38.3 Å². The van der Waals surface area contributed by atoms with Crippen molar-refractivity contribution in [1.82, 2.24) is 20.5 Å². The molecule has 3 atom stereocenters. The number of hydrogen-bond acceptors (Lipinski definition) is 4. The predicted octanol–water partition coefficient (Wildman–Crippen LogP) is 1.45. The lowest BCUT2D eigenvalue weighted by Gasteiger charge is -2.42. The molecule has 6 nitrogen and oxygen atoms in total. The zero-order valence-corrected chi connectivity index (χ0v) is 13.0. The van der Waals surface area contributed by atoms with Gasteiger partial charge in [-0.3, -0.25) is 20.0 Å². The van der Waals surface area contributed by atoms with Gasteiger partial charge in [0.15, 0.2) is 0 Å². The van der Waals surface area contributed by atoms with Crippen molar-refractivity contribution in [2.45, 2.75) is 38.3 Å². The van der Waals surface area contributed by atoms with Gasteiger partial charge in [-0.05, 0) is 50.9 Å². The highest BCUT2D eigenvalue weighted by atomic mass is 16.2. The normalized spacial score (nSPS) is 30.7. The number of nitrogens with one attached hydrogen (secondary N) is 2. The Morgan fingerprint density at radius 3 is 2.73 bits per heavy atom. The van der Waals surface area contributed by atoms with Crippen LogP contribution < -0.4 is 10.6 Å². The van der Waals surface area contributed by atoms with Crippen molar-refractivity contribution in [2.75, 3.05) is 13.1 Å². The first kappa shape index (κ1) is 15.0. The van der Waals surface area contributed by atoms with Crippen molar-refractivity contribution in [2.24, 2.45) is 5.92 Å². The summed E-state index contributed by atoms with van der Waals surface area (Å²) in [5.41, 5.74) is 0.425. The molecule has 1 aromatic rings. The third-order valence-electron chi connectivity index (χ3n) is 5.08. The summed E-state index contributed by atoms with van der Waals surface area (Å²) in [6.45, 7) is 5.81. The number of urea groups is 1. The fraction of sp³-hybridized carbons (Fsp3) is 0.562. The van der Waals surface area contributed by atoms with E-state index in [4.69, 9.17) is 0 Å². The molecule has 0 bridgehead atoms. The van der Waals surface area contributed by atoms with E-state index in [9.17, 15) is 9.59 Å². The van der Waals surface area contributed by atoms with Gasteiger partial charge in [-0.15, -0.1) is 0 Å². The smallest absolute Gasteiger partial charge is 0.322 e. The summed E-state index contributed by atoms with van der Waals surface area (Å²) in [7, 11) is 0. The van der Waals surface area contributed by atoms with E-state index in [0.717, 1.165) is 25.9 Å². The Labute approximate surface area is 130 Å². The standard InChI is InChI=1S/C16H22N4O2/c1-11(12-5-7-17-8-6-12)20-9-3-4-13(10-20)16(2)14(21)18-15(22)19-16/h5-8,11,13H,3-4,9-10H2,1-2H3,(H2,18,19,21,22)/t11-,13-,16-/m1/s1. The van der Waals surface area contributed by atoms with Gasteiger partial charge in [-0.25, -0.2) is 4.79 Å².